The number of unbranched alkanes of at least 4 members (excludes halogenated alkanes) is 3. The van der Waals surface area contributed by atoms with Gasteiger partial charge < -0.3 is 0 Å². The molecule has 0 aliphatic heterocycles. The first-order valence-electron chi connectivity index (χ1n) is 5.21. The van der Waals surface area contributed by atoms with Gasteiger partial charge in [0.05, 0.1) is 16.8 Å². The maximum absolute atomic E-state index is 11.7. The Labute approximate surface area is 91.5 Å². The first-order chi connectivity index (χ1) is 7.17. The van der Waals surface area contributed by atoms with Gasteiger partial charge in [-0.05, 0) is 18.6 Å². The third-order valence-electron chi connectivity index (χ3n) is 2.21. The fourth-order valence-corrected chi connectivity index (χ4v) is 2.64. The van der Waals surface area contributed by atoms with E-state index in [9.17, 15) is 8.42 Å². The van der Waals surface area contributed by atoms with Gasteiger partial charge in [0.25, 0.3) is 0 Å². The van der Waals surface area contributed by atoms with E-state index in [0.29, 0.717) is 4.90 Å². The van der Waals surface area contributed by atoms with Crippen LogP contribution in [0.4, 0.5) is 0 Å². The molecule has 0 saturated heterocycles. The molecule has 1 aromatic heterocycles. The van der Waals surface area contributed by atoms with Crippen LogP contribution in [0.5, 0.6) is 0 Å². The third-order valence-corrected chi connectivity index (χ3v) is 4.00. The van der Waals surface area contributed by atoms with Gasteiger partial charge in [0.2, 0.25) is 0 Å². The van der Waals surface area contributed by atoms with Gasteiger partial charge >= 0.3 is 0 Å². The summed E-state index contributed by atoms with van der Waals surface area (Å²) in [6.45, 7) is 2.10. The number of rotatable bonds is 6. The van der Waals surface area contributed by atoms with Crippen LogP contribution in [0.25, 0.3) is 0 Å². The molecule has 0 amide bonds. The minimum Gasteiger partial charge on any atom is -0.253 e. The summed E-state index contributed by atoms with van der Waals surface area (Å²) in [6.07, 6.45) is 7.83. The Kier molecular flexibility index (Phi) is 4.75. The molecule has 1 aromatic rings. The standard InChI is InChI=1S/C11H16NO2S/c1-2-3-4-5-9-15(13,14)11-7-6-8-12-10-11/h6-7,10H,2-5,9H2,1H3. The van der Waals surface area contributed by atoms with Gasteiger partial charge in [-0.3, -0.25) is 4.98 Å². The first kappa shape index (κ1) is 12.2. The molecule has 0 spiro atoms. The largest absolute Gasteiger partial charge is 0.253 e. The second-order valence-corrected chi connectivity index (χ2v) is 5.61. The molecule has 0 unspecified atom stereocenters. The minimum atomic E-state index is -3.12. The summed E-state index contributed by atoms with van der Waals surface area (Å²) in [7, 11) is -3.12. The SMILES string of the molecule is CCCCCCS(=O)(=O)c1cc[c]nc1. The number of nitrogens with zero attached hydrogens (tertiary/aromatic N) is 1. The summed E-state index contributed by atoms with van der Waals surface area (Å²) in [4.78, 5) is 3.99. The number of pyridine rings is 1. The number of hydrogen-bond acceptors (Lipinski definition) is 3. The van der Waals surface area contributed by atoms with Crippen molar-refractivity contribution in [2.75, 3.05) is 5.75 Å². The number of aromatic nitrogens is 1. The fourth-order valence-electron chi connectivity index (χ4n) is 1.33. The lowest BCUT2D eigenvalue weighted by molar-refractivity contribution is 0.588. The van der Waals surface area contributed by atoms with Crippen LogP contribution in [0.2, 0.25) is 0 Å². The van der Waals surface area contributed by atoms with Gasteiger partial charge in [-0.2, -0.15) is 0 Å². The zero-order chi connectivity index (χ0) is 11.1. The van der Waals surface area contributed by atoms with Crippen molar-refractivity contribution in [3.05, 3.63) is 24.5 Å². The zero-order valence-corrected chi connectivity index (χ0v) is 9.76. The molecule has 0 aliphatic carbocycles. The number of hydrogen-bond donors (Lipinski definition) is 0. The van der Waals surface area contributed by atoms with Crippen LogP contribution in [0, 0.1) is 6.20 Å². The van der Waals surface area contributed by atoms with Crippen LogP contribution in [-0.4, -0.2) is 19.2 Å². The molecule has 1 rings (SSSR count). The smallest absolute Gasteiger partial charge is 0.179 e. The summed E-state index contributed by atoms with van der Waals surface area (Å²) >= 11 is 0. The maximum Gasteiger partial charge on any atom is 0.179 e. The Morgan fingerprint density at radius 2 is 2.13 bits per heavy atom. The van der Waals surface area contributed by atoms with Gasteiger partial charge in [-0.25, -0.2) is 8.42 Å². The van der Waals surface area contributed by atoms with Crippen LogP contribution in [0.3, 0.4) is 0 Å². The molecule has 83 valence electrons. The lowest BCUT2D eigenvalue weighted by Crippen LogP contribution is -2.06. The van der Waals surface area contributed by atoms with Gasteiger partial charge in [0.15, 0.2) is 9.84 Å². The Morgan fingerprint density at radius 3 is 2.73 bits per heavy atom. The van der Waals surface area contributed by atoms with Gasteiger partial charge in [0.1, 0.15) is 0 Å². The molecule has 0 bridgehead atoms. The molecule has 0 N–H and O–H groups in total. The second kappa shape index (κ2) is 5.85. The van der Waals surface area contributed by atoms with E-state index < -0.39 is 9.84 Å². The van der Waals surface area contributed by atoms with E-state index in [1.807, 2.05) is 0 Å². The zero-order valence-electron chi connectivity index (χ0n) is 8.94. The monoisotopic (exact) mass is 226 g/mol. The summed E-state index contributed by atoms with van der Waals surface area (Å²) in [6, 6.07) is 3.07. The van der Waals surface area contributed by atoms with Crippen LogP contribution in [0.1, 0.15) is 32.6 Å². The van der Waals surface area contributed by atoms with Gasteiger partial charge in [-0.15, -0.1) is 0 Å². The molecular weight excluding hydrogens is 210 g/mol. The van der Waals surface area contributed by atoms with Crippen molar-refractivity contribution in [1.29, 1.82) is 0 Å². The van der Waals surface area contributed by atoms with Crippen LogP contribution < -0.4 is 0 Å². The number of sulfone groups is 1. The average molecular weight is 226 g/mol. The normalized spacial score (nSPS) is 11.5. The maximum atomic E-state index is 11.7. The Morgan fingerprint density at radius 1 is 1.33 bits per heavy atom. The highest BCUT2D eigenvalue weighted by Crippen LogP contribution is 2.11. The Balaban J connectivity index is 2.53. The second-order valence-electron chi connectivity index (χ2n) is 3.50. The van der Waals surface area contributed by atoms with Crippen molar-refractivity contribution in [3.8, 4) is 0 Å². The third kappa shape index (κ3) is 4.00. The van der Waals surface area contributed by atoms with E-state index in [1.165, 1.54) is 12.3 Å². The van der Waals surface area contributed by atoms with Crippen molar-refractivity contribution in [2.24, 2.45) is 0 Å². The predicted molar refractivity (Wildman–Crippen MR) is 59.3 cm³/mol. The molecule has 1 heterocycles. The first-order valence-corrected chi connectivity index (χ1v) is 6.87. The highest BCUT2D eigenvalue weighted by molar-refractivity contribution is 7.91. The van der Waals surface area contributed by atoms with Gasteiger partial charge in [0, 0.05) is 6.20 Å². The van der Waals surface area contributed by atoms with Crippen molar-refractivity contribution in [1.82, 2.24) is 4.98 Å². The predicted octanol–water partition coefficient (Wildman–Crippen LogP) is 2.24. The molecule has 0 fully saturated rings. The van der Waals surface area contributed by atoms with E-state index in [0.717, 1.165) is 25.7 Å². The Hall–Kier alpha value is -0.900. The molecular formula is C11H16NO2S. The van der Waals surface area contributed by atoms with Crippen LogP contribution in [-0.2, 0) is 9.84 Å². The molecule has 1 radical (unpaired) electrons. The quantitative estimate of drug-likeness (QED) is 0.699. The average Bonchev–Trinajstić information content (AvgIpc) is 2.26. The molecule has 3 nitrogen and oxygen atoms in total. The van der Waals surface area contributed by atoms with E-state index in [4.69, 9.17) is 0 Å². The van der Waals surface area contributed by atoms with Crippen molar-refractivity contribution >= 4 is 9.84 Å². The fraction of sp³-hybridized carbons (Fsp3) is 0.545. The summed E-state index contributed by atoms with van der Waals surface area (Å²) < 4.78 is 23.5. The summed E-state index contributed by atoms with van der Waals surface area (Å²) in [5, 5.41) is 0. The van der Waals surface area contributed by atoms with E-state index in [-0.39, 0.29) is 5.75 Å². The van der Waals surface area contributed by atoms with Crippen molar-refractivity contribution in [3.63, 3.8) is 0 Å². The lowest BCUT2D eigenvalue weighted by Gasteiger charge is -2.02. The summed E-state index contributed by atoms with van der Waals surface area (Å²) in [5.41, 5.74) is 0. The molecule has 4 heteroatoms. The Bertz CT molecular complexity index is 373. The van der Waals surface area contributed by atoms with E-state index in [1.54, 1.807) is 6.07 Å². The van der Waals surface area contributed by atoms with Gasteiger partial charge in [-0.1, -0.05) is 26.2 Å². The van der Waals surface area contributed by atoms with E-state index >= 15 is 0 Å². The highest BCUT2D eigenvalue weighted by Gasteiger charge is 2.13. The van der Waals surface area contributed by atoms with Crippen molar-refractivity contribution in [2.45, 2.75) is 37.5 Å². The lowest BCUT2D eigenvalue weighted by atomic mass is 10.2. The summed E-state index contributed by atoms with van der Waals surface area (Å²) in [5.74, 6) is 0.221. The topological polar surface area (TPSA) is 47.0 Å². The molecule has 0 aromatic carbocycles. The minimum absolute atomic E-state index is 0.221. The highest BCUT2D eigenvalue weighted by atomic mass is 32.2. The van der Waals surface area contributed by atoms with Crippen LogP contribution >= 0.6 is 0 Å². The molecule has 0 atom stereocenters. The van der Waals surface area contributed by atoms with Crippen molar-refractivity contribution < 1.29 is 8.42 Å². The molecule has 0 aliphatic rings. The molecule has 0 saturated carbocycles. The van der Waals surface area contributed by atoms with E-state index in [2.05, 4.69) is 18.1 Å². The molecule has 15 heavy (non-hydrogen) atoms. The van der Waals surface area contributed by atoms with Crippen LogP contribution in [0.15, 0.2) is 23.2 Å².